The van der Waals surface area contributed by atoms with Gasteiger partial charge in [0.2, 0.25) is 0 Å². The Hall–Kier alpha value is -1.15. The Balaban J connectivity index is 1.89. The highest BCUT2D eigenvalue weighted by molar-refractivity contribution is 5.96. The number of carbonyl (C=O) groups is 1. The lowest BCUT2D eigenvalue weighted by Crippen LogP contribution is -2.20. The molecule has 1 aliphatic carbocycles. The third kappa shape index (κ3) is 3.67. The van der Waals surface area contributed by atoms with Crippen LogP contribution in [-0.4, -0.2) is 18.4 Å². The first-order chi connectivity index (χ1) is 8.47. The SMILES string of the molecule is CC(C)(C)c1ccc(C(=O)CCNC2CC2)cc1. The number of rotatable bonds is 5. The Morgan fingerprint density at radius 3 is 2.33 bits per heavy atom. The van der Waals surface area contributed by atoms with Crippen molar-refractivity contribution in [1.82, 2.24) is 5.32 Å². The smallest absolute Gasteiger partial charge is 0.164 e. The van der Waals surface area contributed by atoms with Crippen LogP contribution in [0.25, 0.3) is 0 Å². The number of hydrogen-bond donors (Lipinski definition) is 1. The Morgan fingerprint density at radius 2 is 1.83 bits per heavy atom. The fourth-order valence-electron chi connectivity index (χ4n) is 1.98. The second-order valence-electron chi connectivity index (χ2n) is 6.23. The molecule has 1 aromatic carbocycles. The van der Waals surface area contributed by atoms with E-state index in [2.05, 4.69) is 38.2 Å². The van der Waals surface area contributed by atoms with Gasteiger partial charge in [0.15, 0.2) is 5.78 Å². The molecule has 0 bridgehead atoms. The van der Waals surface area contributed by atoms with E-state index in [-0.39, 0.29) is 11.2 Å². The topological polar surface area (TPSA) is 29.1 Å². The first kappa shape index (κ1) is 13.3. The molecule has 0 heterocycles. The highest BCUT2D eigenvalue weighted by Crippen LogP contribution is 2.22. The quantitative estimate of drug-likeness (QED) is 0.806. The minimum Gasteiger partial charge on any atom is -0.314 e. The summed E-state index contributed by atoms with van der Waals surface area (Å²) >= 11 is 0. The molecule has 2 nitrogen and oxygen atoms in total. The molecule has 1 aromatic rings. The first-order valence-corrected chi connectivity index (χ1v) is 6.84. The van der Waals surface area contributed by atoms with Gasteiger partial charge in [-0.1, -0.05) is 45.0 Å². The molecule has 1 saturated carbocycles. The zero-order chi connectivity index (χ0) is 13.2. The predicted octanol–water partition coefficient (Wildman–Crippen LogP) is 3.31. The fraction of sp³-hybridized carbons (Fsp3) is 0.562. The van der Waals surface area contributed by atoms with Gasteiger partial charge in [0.05, 0.1) is 0 Å². The van der Waals surface area contributed by atoms with Crippen molar-refractivity contribution < 1.29 is 4.79 Å². The first-order valence-electron chi connectivity index (χ1n) is 6.84. The van der Waals surface area contributed by atoms with Crippen molar-refractivity contribution in [3.63, 3.8) is 0 Å². The number of ketones is 1. The molecule has 2 heteroatoms. The molecule has 1 aliphatic rings. The molecule has 0 radical (unpaired) electrons. The minimum atomic E-state index is 0.148. The average molecular weight is 245 g/mol. The van der Waals surface area contributed by atoms with Crippen LogP contribution in [0.3, 0.4) is 0 Å². The monoisotopic (exact) mass is 245 g/mol. The second-order valence-corrected chi connectivity index (χ2v) is 6.23. The Morgan fingerprint density at radius 1 is 1.22 bits per heavy atom. The molecule has 2 rings (SSSR count). The lowest BCUT2D eigenvalue weighted by Gasteiger charge is -2.19. The molecule has 0 aromatic heterocycles. The summed E-state index contributed by atoms with van der Waals surface area (Å²) in [6.07, 6.45) is 3.15. The molecular weight excluding hydrogens is 222 g/mol. The van der Waals surface area contributed by atoms with E-state index >= 15 is 0 Å². The van der Waals surface area contributed by atoms with Crippen LogP contribution in [0.2, 0.25) is 0 Å². The van der Waals surface area contributed by atoms with E-state index in [1.54, 1.807) is 0 Å². The highest BCUT2D eigenvalue weighted by Gasteiger charge is 2.20. The second kappa shape index (κ2) is 5.23. The maximum Gasteiger partial charge on any atom is 0.164 e. The van der Waals surface area contributed by atoms with Gasteiger partial charge >= 0.3 is 0 Å². The van der Waals surface area contributed by atoms with Crippen LogP contribution < -0.4 is 5.32 Å². The van der Waals surface area contributed by atoms with Crippen molar-refractivity contribution in [3.05, 3.63) is 35.4 Å². The van der Waals surface area contributed by atoms with E-state index in [0.29, 0.717) is 12.5 Å². The van der Waals surface area contributed by atoms with Gasteiger partial charge in [-0.05, 0) is 23.8 Å². The molecule has 0 aliphatic heterocycles. The van der Waals surface area contributed by atoms with Crippen LogP contribution >= 0.6 is 0 Å². The third-order valence-electron chi connectivity index (χ3n) is 3.44. The maximum atomic E-state index is 12.0. The molecular formula is C16H23NO. The van der Waals surface area contributed by atoms with Gasteiger partial charge in [0.1, 0.15) is 0 Å². The van der Waals surface area contributed by atoms with Crippen molar-refractivity contribution in [2.45, 2.75) is 51.5 Å². The van der Waals surface area contributed by atoms with Crippen LogP contribution in [0.1, 0.15) is 56.0 Å². The maximum absolute atomic E-state index is 12.0. The van der Waals surface area contributed by atoms with E-state index in [1.165, 1.54) is 18.4 Å². The predicted molar refractivity (Wildman–Crippen MR) is 75.1 cm³/mol. The van der Waals surface area contributed by atoms with E-state index in [1.807, 2.05) is 12.1 Å². The zero-order valence-corrected chi connectivity index (χ0v) is 11.6. The van der Waals surface area contributed by atoms with Gasteiger partial charge < -0.3 is 5.32 Å². The molecule has 98 valence electrons. The van der Waals surface area contributed by atoms with Crippen LogP contribution in [0.15, 0.2) is 24.3 Å². The summed E-state index contributed by atoms with van der Waals surface area (Å²) in [5.41, 5.74) is 2.26. The van der Waals surface area contributed by atoms with Crippen molar-refractivity contribution in [2.75, 3.05) is 6.54 Å². The number of Topliss-reactive ketones (excluding diaryl/α,β-unsaturated/α-hetero) is 1. The largest absolute Gasteiger partial charge is 0.314 e. The molecule has 0 unspecified atom stereocenters. The van der Waals surface area contributed by atoms with Gasteiger partial charge in [-0.3, -0.25) is 4.79 Å². The number of nitrogens with one attached hydrogen (secondary N) is 1. The van der Waals surface area contributed by atoms with Crippen LogP contribution in [0, 0.1) is 0 Å². The van der Waals surface area contributed by atoms with Gasteiger partial charge in [0, 0.05) is 24.6 Å². The summed E-state index contributed by atoms with van der Waals surface area (Å²) in [4.78, 5) is 12.0. The third-order valence-corrected chi connectivity index (χ3v) is 3.44. The molecule has 1 N–H and O–H groups in total. The van der Waals surface area contributed by atoms with Crippen LogP contribution in [0.4, 0.5) is 0 Å². The number of carbonyl (C=O) groups excluding carboxylic acids is 1. The summed E-state index contributed by atoms with van der Waals surface area (Å²) < 4.78 is 0. The lowest BCUT2D eigenvalue weighted by atomic mass is 9.86. The molecule has 0 spiro atoms. The number of hydrogen-bond acceptors (Lipinski definition) is 2. The Bertz CT molecular complexity index is 410. The van der Waals surface area contributed by atoms with Gasteiger partial charge in [0.25, 0.3) is 0 Å². The number of benzene rings is 1. The van der Waals surface area contributed by atoms with Crippen molar-refractivity contribution in [2.24, 2.45) is 0 Å². The van der Waals surface area contributed by atoms with E-state index in [0.717, 1.165) is 12.1 Å². The molecule has 18 heavy (non-hydrogen) atoms. The molecule has 0 saturated heterocycles. The average Bonchev–Trinajstić information content (AvgIpc) is 3.12. The zero-order valence-electron chi connectivity index (χ0n) is 11.6. The molecule has 1 fully saturated rings. The summed E-state index contributed by atoms with van der Waals surface area (Å²) in [5.74, 6) is 0.239. The van der Waals surface area contributed by atoms with E-state index < -0.39 is 0 Å². The summed E-state index contributed by atoms with van der Waals surface area (Å²) in [6, 6.07) is 8.74. The molecule has 0 atom stereocenters. The lowest BCUT2D eigenvalue weighted by molar-refractivity contribution is 0.0982. The normalized spacial score (nSPS) is 15.7. The van der Waals surface area contributed by atoms with E-state index in [4.69, 9.17) is 0 Å². The van der Waals surface area contributed by atoms with Gasteiger partial charge in [-0.15, -0.1) is 0 Å². The van der Waals surface area contributed by atoms with Crippen LogP contribution in [-0.2, 0) is 5.41 Å². The molecule has 0 amide bonds. The van der Waals surface area contributed by atoms with Crippen molar-refractivity contribution in [1.29, 1.82) is 0 Å². The summed E-state index contributed by atoms with van der Waals surface area (Å²) in [6.45, 7) is 7.36. The van der Waals surface area contributed by atoms with Gasteiger partial charge in [-0.2, -0.15) is 0 Å². The fourth-order valence-corrected chi connectivity index (χ4v) is 1.98. The Labute approximate surface area is 110 Å². The Kier molecular flexibility index (Phi) is 3.86. The highest BCUT2D eigenvalue weighted by atomic mass is 16.1. The van der Waals surface area contributed by atoms with Crippen molar-refractivity contribution in [3.8, 4) is 0 Å². The van der Waals surface area contributed by atoms with Crippen molar-refractivity contribution >= 4 is 5.78 Å². The minimum absolute atomic E-state index is 0.148. The standard InChI is InChI=1S/C16H23NO/c1-16(2,3)13-6-4-12(5-7-13)15(18)10-11-17-14-8-9-14/h4-7,14,17H,8-11H2,1-3H3. The van der Waals surface area contributed by atoms with Crippen LogP contribution in [0.5, 0.6) is 0 Å². The summed E-state index contributed by atoms with van der Waals surface area (Å²) in [5, 5.41) is 3.37. The van der Waals surface area contributed by atoms with E-state index in [9.17, 15) is 4.79 Å². The van der Waals surface area contributed by atoms with Gasteiger partial charge in [-0.25, -0.2) is 0 Å². The summed E-state index contributed by atoms with van der Waals surface area (Å²) in [7, 11) is 0.